The summed E-state index contributed by atoms with van der Waals surface area (Å²) in [5.41, 5.74) is 1.26. The molecule has 1 aromatic carbocycles. The SMILES string of the molecule is CCNC(=O)c1cccc(NC(=O)CCC2CCCC2)c1. The van der Waals surface area contributed by atoms with Crippen LogP contribution in [0.2, 0.25) is 0 Å². The van der Waals surface area contributed by atoms with Crippen molar-refractivity contribution < 1.29 is 9.59 Å². The van der Waals surface area contributed by atoms with Crippen LogP contribution in [-0.2, 0) is 4.79 Å². The summed E-state index contributed by atoms with van der Waals surface area (Å²) in [6, 6.07) is 7.07. The summed E-state index contributed by atoms with van der Waals surface area (Å²) in [7, 11) is 0. The minimum atomic E-state index is -0.112. The maximum atomic E-state index is 12.0. The highest BCUT2D eigenvalue weighted by atomic mass is 16.2. The predicted molar refractivity (Wildman–Crippen MR) is 84.3 cm³/mol. The van der Waals surface area contributed by atoms with Gasteiger partial charge in [0.15, 0.2) is 0 Å². The van der Waals surface area contributed by atoms with Gasteiger partial charge in [0.25, 0.3) is 5.91 Å². The van der Waals surface area contributed by atoms with Crippen LogP contribution in [0.1, 0.15) is 55.8 Å². The van der Waals surface area contributed by atoms with Crippen molar-refractivity contribution in [1.82, 2.24) is 5.32 Å². The number of carbonyl (C=O) groups excluding carboxylic acids is 2. The minimum Gasteiger partial charge on any atom is -0.352 e. The van der Waals surface area contributed by atoms with Gasteiger partial charge in [0.05, 0.1) is 0 Å². The molecule has 0 bridgehead atoms. The summed E-state index contributed by atoms with van der Waals surface area (Å²) < 4.78 is 0. The molecule has 2 N–H and O–H groups in total. The summed E-state index contributed by atoms with van der Waals surface area (Å²) in [6.07, 6.45) is 6.68. The van der Waals surface area contributed by atoms with Gasteiger partial charge in [0, 0.05) is 24.2 Å². The third-order valence-electron chi connectivity index (χ3n) is 4.00. The highest BCUT2D eigenvalue weighted by Gasteiger charge is 2.16. The number of carbonyl (C=O) groups is 2. The molecule has 1 aliphatic carbocycles. The molecule has 4 nitrogen and oxygen atoms in total. The highest BCUT2D eigenvalue weighted by molar-refractivity contribution is 5.97. The first-order valence-electron chi connectivity index (χ1n) is 7.87. The summed E-state index contributed by atoms with van der Waals surface area (Å²) in [5, 5.41) is 5.64. The second-order valence-corrected chi connectivity index (χ2v) is 5.68. The predicted octanol–water partition coefficient (Wildman–Crippen LogP) is 3.35. The molecule has 2 amide bonds. The lowest BCUT2D eigenvalue weighted by Gasteiger charge is -2.10. The number of hydrogen-bond donors (Lipinski definition) is 2. The molecule has 1 saturated carbocycles. The second kappa shape index (κ2) is 7.81. The average Bonchev–Trinajstić information content (AvgIpc) is 2.99. The van der Waals surface area contributed by atoms with Crippen molar-refractivity contribution in [3.8, 4) is 0 Å². The lowest BCUT2D eigenvalue weighted by atomic mass is 10.0. The van der Waals surface area contributed by atoms with Crippen molar-refractivity contribution in [2.24, 2.45) is 5.92 Å². The Labute approximate surface area is 126 Å². The van der Waals surface area contributed by atoms with Crippen LogP contribution in [0, 0.1) is 5.92 Å². The second-order valence-electron chi connectivity index (χ2n) is 5.68. The molecule has 0 saturated heterocycles. The van der Waals surface area contributed by atoms with E-state index in [0.717, 1.165) is 12.3 Å². The first-order chi connectivity index (χ1) is 10.2. The van der Waals surface area contributed by atoms with E-state index in [9.17, 15) is 9.59 Å². The number of anilines is 1. The molecular weight excluding hydrogens is 264 g/mol. The number of nitrogens with one attached hydrogen (secondary N) is 2. The van der Waals surface area contributed by atoms with Gasteiger partial charge in [0.1, 0.15) is 0 Å². The normalized spacial score (nSPS) is 14.9. The van der Waals surface area contributed by atoms with E-state index in [1.807, 2.05) is 13.0 Å². The van der Waals surface area contributed by atoms with Crippen molar-refractivity contribution in [2.45, 2.75) is 45.4 Å². The van der Waals surface area contributed by atoms with Crippen LogP contribution < -0.4 is 10.6 Å². The smallest absolute Gasteiger partial charge is 0.251 e. The lowest BCUT2D eigenvalue weighted by molar-refractivity contribution is -0.116. The van der Waals surface area contributed by atoms with Gasteiger partial charge >= 0.3 is 0 Å². The van der Waals surface area contributed by atoms with Gasteiger partial charge in [0.2, 0.25) is 5.91 Å². The van der Waals surface area contributed by atoms with Gasteiger partial charge in [-0.15, -0.1) is 0 Å². The maximum Gasteiger partial charge on any atom is 0.251 e. The molecule has 2 rings (SSSR count). The van der Waals surface area contributed by atoms with E-state index >= 15 is 0 Å². The summed E-state index contributed by atoms with van der Waals surface area (Å²) in [5.74, 6) is 0.645. The first kappa shape index (κ1) is 15.5. The molecule has 0 atom stereocenters. The Morgan fingerprint density at radius 2 is 2.00 bits per heavy atom. The van der Waals surface area contributed by atoms with Crippen LogP contribution in [0.4, 0.5) is 5.69 Å². The molecule has 0 aromatic heterocycles. The molecule has 0 heterocycles. The number of amides is 2. The molecule has 0 spiro atoms. The summed E-state index contributed by atoms with van der Waals surface area (Å²) in [4.78, 5) is 23.7. The quantitative estimate of drug-likeness (QED) is 0.843. The van der Waals surface area contributed by atoms with Crippen LogP contribution in [0.25, 0.3) is 0 Å². The molecule has 114 valence electrons. The number of rotatable bonds is 6. The van der Waals surface area contributed by atoms with Crippen LogP contribution in [0.3, 0.4) is 0 Å². The Balaban J connectivity index is 1.85. The van der Waals surface area contributed by atoms with Gasteiger partial charge in [-0.25, -0.2) is 0 Å². The van der Waals surface area contributed by atoms with Gasteiger partial charge < -0.3 is 10.6 Å². The Kier molecular flexibility index (Phi) is 5.78. The monoisotopic (exact) mass is 288 g/mol. The zero-order chi connectivity index (χ0) is 15.1. The van der Waals surface area contributed by atoms with Crippen LogP contribution in [0.5, 0.6) is 0 Å². The Morgan fingerprint density at radius 3 is 2.71 bits per heavy atom. The van der Waals surface area contributed by atoms with E-state index in [-0.39, 0.29) is 11.8 Å². The fourth-order valence-corrected chi connectivity index (χ4v) is 2.86. The Hall–Kier alpha value is -1.84. The van der Waals surface area contributed by atoms with E-state index in [0.29, 0.717) is 24.2 Å². The van der Waals surface area contributed by atoms with Gasteiger partial charge in [-0.2, -0.15) is 0 Å². The standard InChI is InChI=1S/C17H24N2O2/c1-2-18-17(21)14-8-5-9-15(12-14)19-16(20)11-10-13-6-3-4-7-13/h5,8-9,12-13H,2-4,6-7,10-11H2,1H3,(H,18,21)(H,19,20). The molecule has 21 heavy (non-hydrogen) atoms. The van der Waals surface area contributed by atoms with E-state index in [4.69, 9.17) is 0 Å². The van der Waals surface area contributed by atoms with Crippen molar-refractivity contribution in [1.29, 1.82) is 0 Å². The fourth-order valence-electron chi connectivity index (χ4n) is 2.86. The molecule has 0 radical (unpaired) electrons. The largest absolute Gasteiger partial charge is 0.352 e. The van der Waals surface area contributed by atoms with Crippen molar-refractivity contribution >= 4 is 17.5 Å². The third kappa shape index (κ3) is 4.88. The van der Waals surface area contributed by atoms with E-state index in [2.05, 4.69) is 10.6 Å². The summed E-state index contributed by atoms with van der Waals surface area (Å²) >= 11 is 0. The maximum absolute atomic E-state index is 12.0. The van der Waals surface area contributed by atoms with Gasteiger partial charge in [-0.1, -0.05) is 31.7 Å². The van der Waals surface area contributed by atoms with Crippen molar-refractivity contribution in [3.63, 3.8) is 0 Å². The molecule has 0 aliphatic heterocycles. The Bertz CT molecular complexity index is 493. The Morgan fingerprint density at radius 1 is 1.24 bits per heavy atom. The highest BCUT2D eigenvalue weighted by Crippen LogP contribution is 2.28. The lowest BCUT2D eigenvalue weighted by Crippen LogP contribution is -2.22. The topological polar surface area (TPSA) is 58.2 Å². The van der Waals surface area contributed by atoms with E-state index < -0.39 is 0 Å². The van der Waals surface area contributed by atoms with Crippen molar-refractivity contribution in [3.05, 3.63) is 29.8 Å². The molecule has 0 unspecified atom stereocenters. The van der Waals surface area contributed by atoms with Gasteiger partial charge in [-0.05, 0) is 37.5 Å². The molecule has 1 aliphatic rings. The molecule has 1 aromatic rings. The third-order valence-corrected chi connectivity index (χ3v) is 4.00. The fraction of sp³-hybridized carbons (Fsp3) is 0.529. The van der Waals surface area contributed by atoms with Gasteiger partial charge in [-0.3, -0.25) is 9.59 Å². The van der Waals surface area contributed by atoms with E-state index in [1.165, 1.54) is 25.7 Å². The summed E-state index contributed by atoms with van der Waals surface area (Å²) in [6.45, 7) is 2.48. The zero-order valence-electron chi connectivity index (χ0n) is 12.7. The van der Waals surface area contributed by atoms with Crippen LogP contribution in [-0.4, -0.2) is 18.4 Å². The minimum absolute atomic E-state index is 0.0370. The first-order valence-corrected chi connectivity index (χ1v) is 7.87. The molecule has 1 fully saturated rings. The number of benzene rings is 1. The number of hydrogen-bond acceptors (Lipinski definition) is 2. The van der Waals surface area contributed by atoms with Crippen LogP contribution in [0.15, 0.2) is 24.3 Å². The molecule has 4 heteroatoms. The van der Waals surface area contributed by atoms with Crippen molar-refractivity contribution in [2.75, 3.05) is 11.9 Å². The zero-order valence-corrected chi connectivity index (χ0v) is 12.7. The van der Waals surface area contributed by atoms with Crippen LogP contribution >= 0.6 is 0 Å². The van der Waals surface area contributed by atoms with E-state index in [1.54, 1.807) is 18.2 Å². The molecular formula is C17H24N2O2. The average molecular weight is 288 g/mol.